The van der Waals surface area contributed by atoms with E-state index in [0.717, 1.165) is 17.5 Å². The highest BCUT2D eigenvalue weighted by molar-refractivity contribution is 7.17. The number of hydrogen-bond acceptors (Lipinski definition) is 7. The molecule has 11 heteroatoms. The van der Waals surface area contributed by atoms with Gasteiger partial charge in [-0.05, 0) is 36.4 Å². The normalized spacial score (nSPS) is 16.1. The minimum atomic E-state index is -0.481. The summed E-state index contributed by atoms with van der Waals surface area (Å²) in [6, 6.07) is 8.64. The first kappa shape index (κ1) is 20.5. The highest BCUT2D eigenvalue weighted by Crippen LogP contribution is 2.20. The molecule has 0 spiro atoms. The van der Waals surface area contributed by atoms with E-state index >= 15 is 0 Å². The monoisotopic (exact) mass is 455 g/mol. The summed E-state index contributed by atoms with van der Waals surface area (Å²) < 4.78 is 15.3. The molecule has 0 unspecified atom stereocenters. The number of rotatable bonds is 6. The molecular weight excluding hydrogens is 434 g/mol. The molecule has 0 bridgehead atoms. The summed E-state index contributed by atoms with van der Waals surface area (Å²) in [6.07, 6.45) is 1.67. The van der Waals surface area contributed by atoms with Gasteiger partial charge in [-0.1, -0.05) is 6.07 Å². The van der Waals surface area contributed by atoms with Gasteiger partial charge in [0.2, 0.25) is 11.7 Å². The van der Waals surface area contributed by atoms with Crippen molar-refractivity contribution in [2.75, 3.05) is 19.0 Å². The van der Waals surface area contributed by atoms with Gasteiger partial charge in [0.25, 0.3) is 5.56 Å². The molecule has 3 aromatic heterocycles. The Morgan fingerprint density at radius 3 is 3.00 bits per heavy atom. The summed E-state index contributed by atoms with van der Waals surface area (Å²) in [4.78, 5) is 38.9. The van der Waals surface area contributed by atoms with E-state index in [4.69, 9.17) is 9.47 Å². The fourth-order valence-electron chi connectivity index (χ4n) is 3.93. The van der Waals surface area contributed by atoms with E-state index in [2.05, 4.69) is 10.4 Å². The minimum Gasteiger partial charge on any atom is -0.497 e. The van der Waals surface area contributed by atoms with Crippen molar-refractivity contribution in [3.63, 3.8) is 0 Å². The van der Waals surface area contributed by atoms with Crippen LogP contribution < -0.4 is 21.3 Å². The van der Waals surface area contributed by atoms with Gasteiger partial charge in [-0.2, -0.15) is 0 Å². The first-order chi connectivity index (χ1) is 15.5. The second kappa shape index (κ2) is 8.24. The van der Waals surface area contributed by atoms with Crippen LogP contribution in [0.2, 0.25) is 0 Å². The number of thiophene rings is 1. The second-order valence-electron chi connectivity index (χ2n) is 7.54. The Labute approximate surface area is 185 Å². The van der Waals surface area contributed by atoms with E-state index in [9.17, 15) is 14.4 Å². The van der Waals surface area contributed by atoms with Crippen LogP contribution in [0, 0.1) is 0 Å². The zero-order chi connectivity index (χ0) is 22.2. The highest BCUT2D eigenvalue weighted by atomic mass is 32.1. The maximum atomic E-state index is 13.2. The van der Waals surface area contributed by atoms with Crippen molar-refractivity contribution in [1.82, 2.24) is 18.7 Å². The van der Waals surface area contributed by atoms with Gasteiger partial charge in [0.1, 0.15) is 17.0 Å². The smallest absolute Gasteiger partial charge is 0.352 e. The van der Waals surface area contributed by atoms with Crippen molar-refractivity contribution in [1.29, 1.82) is 0 Å². The van der Waals surface area contributed by atoms with Gasteiger partial charge < -0.3 is 14.8 Å². The topological polar surface area (TPSA) is 109 Å². The maximum Gasteiger partial charge on any atom is 0.352 e. The van der Waals surface area contributed by atoms with Crippen molar-refractivity contribution in [2.45, 2.75) is 32.0 Å². The number of ether oxygens (including phenoxy) is 2. The average molecular weight is 455 g/mol. The molecule has 5 rings (SSSR count). The third-order valence-corrected chi connectivity index (χ3v) is 6.34. The molecule has 1 aliphatic rings. The van der Waals surface area contributed by atoms with Crippen LogP contribution >= 0.6 is 11.3 Å². The summed E-state index contributed by atoms with van der Waals surface area (Å²) in [5.74, 6) is 0.389. The summed E-state index contributed by atoms with van der Waals surface area (Å²) in [5.41, 5.74) is 0.339. The number of carbonyl (C=O) groups excluding carboxylic acids is 1. The highest BCUT2D eigenvalue weighted by Gasteiger charge is 2.23. The van der Waals surface area contributed by atoms with Crippen LogP contribution in [0.25, 0.3) is 16.0 Å². The van der Waals surface area contributed by atoms with Gasteiger partial charge in [0, 0.05) is 18.4 Å². The molecule has 0 saturated carbocycles. The van der Waals surface area contributed by atoms with Crippen LogP contribution in [0.3, 0.4) is 0 Å². The molecule has 166 valence electrons. The van der Waals surface area contributed by atoms with Crippen LogP contribution in [0.15, 0.2) is 45.3 Å². The van der Waals surface area contributed by atoms with Gasteiger partial charge >= 0.3 is 5.69 Å². The SMILES string of the molecule is COc1cccc(NC(=O)Cn2nc3n(C[C@@H]4CCCO4)c(=O)c4sccc4n3c2=O)c1. The number of nitrogens with one attached hydrogen (secondary N) is 1. The van der Waals surface area contributed by atoms with Gasteiger partial charge in [-0.15, -0.1) is 16.4 Å². The quantitative estimate of drug-likeness (QED) is 0.474. The lowest BCUT2D eigenvalue weighted by molar-refractivity contribution is -0.117. The Morgan fingerprint density at radius 1 is 1.34 bits per heavy atom. The molecule has 1 aromatic carbocycles. The predicted octanol–water partition coefficient (Wildman–Crippen LogP) is 1.70. The number of hydrogen-bond donors (Lipinski definition) is 1. The molecule has 1 N–H and O–H groups in total. The minimum absolute atomic E-state index is 0.106. The van der Waals surface area contributed by atoms with Crippen molar-refractivity contribution >= 4 is 38.9 Å². The van der Waals surface area contributed by atoms with E-state index < -0.39 is 11.6 Å². The molecule has 10 nitrogen and oxygen atoms in total. The third-order valence-electron chi connectivity index (χ3n) is 5.45. The molecule has 1 saturated heterocycles. The Bertz CT molecular complexity index is 1430. The van der Waals surface area contributed by atoms with Crippen LogP contribution in [-0.2, 0) is 22.6 Å². The molecule has 4 aromatic rings. The number of benzene rings is 1. The van der Waals surface area contributed by atoms with Crippen molar-refractivity contribution < 1.29 is 14.3 Å². The molecule has 32 heavy (non-hydrogen) atoms. The van der Waals surface area contributed by atoms with Gasteiger partial charge in [0.15, 0.2) is 0 Å². The standard InChI is InChI=1S/C21H21N5O5S/c1-30-14-5-2-4-13(10-14)22-17(27)12-25-21(29)26-16-7-9-32-18(16)19(28)24(20(26)23-25)11-15-6-3-8-31-15/h2,4-5,7,9-10,15H,3,6,8,11-12H2,1H3,(H,22,27)/t15-/m0/s1. The number of methoxy groups -OCH3 is 1. The largest absolute Gasteiger partial charge is 0.497 e. The number of nitrogens with zero attached hydrogens (tertiary/aromatic N) is 4. The number of anilines is 1. The Balaban J connectivity index is 1.52. The average Bonchev–Trinajstić information content (AvgIpc) is 3.53. The van der Waals surface area contributed by atoms with Gasteiger partial charge in [-0.3, -0.25) is 14.2 Å². The summed E-state index contributed by atoms with van der Waals surface area (Å²) in [7, 11) is 1.54. The summed E-state index contributed by atoms with van der Waals surface area (Å²) >= 11 is 1.28. The van der Waals surface area contributed by atoms with Crippen molar-refractivity contribution in [2.24, 2.45) is 0 Å². The fraction of sp³-hybridized carbons (Fsp3) is 0.333. The second-order valence-corrected chi connectivity index (χ2v) is 8.46. The lowest BCUT2D eigenvalue weighted by Crippen LogP contribution is -2.30. The molecule has 1 aliphatic heterocycles. The Hall–Kier alpha value is -3.44. The zero-order valence-corrected chi connectivity index (χ0v) is 18.1. The van der Waals surface area contributed by atoms with Crippen LogP contribution in [-0.4, -0.2) is 44.5 Å². The molecule has 0 aliphatic carbocycles. The first-order valence-electron chi connectivity index (χ1n) is 10.2. The number of amides is 1. The molecule has 0 radical (unpaired) electrons. The van der Waals surface area contributed by atoms with Crippen molar-refractivity contribution in [3.05, 3.63) is 56.5 Å². The Kier molecular flexibility index (Phi) is 5.27. The van der Waals surface area contributed by atoms with E-state index in [1.54, 1.807) is 42.8 Å². The maximum absolute atomic E-state index is 13.2. The number of aromatic nitrogens is 4. The third kappa shape index (κ3) is 3.59. The van der Waals surface area contributed by atoms with E-state index in [1.807, 2.05) is 0 Å². The van der Waals surface area contributed by atoms with E-state index in [0.29, 0.717) is 34.8 Å². The summed E-state index contributed by atoms with van der Waals surface area (Å²) in [6.45, 7) is 0.669. The lowest BCUT2D eigenvalue weighted by Gasteiger charge is -2.12. The number of carbonyl (C=O) groups is 1. The zero-order valence-electron chi connectivity index (χ0n) is 17.3. The van der Waals surface area contributed by atoms with Crippen LogP contribution in [0.1, 0.15) is 12.8 Å². The van der Waals surface area contributed by atoms with Crippen molar-refractivity contribution in [3.8, 4) is 5.75 Å². The molecule has 1 fully saturated rings. The van der Waals surface area contributed by atoms with Gasteiger partial charge in [-0.25, -0.2) is 13.9 Å². The lowest BCUT2D eigenvalue weighted by atomic mass is 10.2. The van der Waals surface area contributed by atoms with Crippen LogP contribution in [0.5, 0.6) is 5.75 Å². The fourth-order valence-corrected chi connectivity index (χ4v) is 4.75. The first-order valence-corrected chi connectivity index (χ1v) is 11.1. The molecular formula is C21H21N5O5S. The molecule has 4 heterocycles. The van der Waals surface area contributed by atoms with E-state index in [1.165, 1.54) is 20.3 Å². The predicted molar refractivity (Wildman–Crippen MR) is 120 cm³/mol. The summed E-state index contributed by atoms with van der Waals surface area (Å²) in [5, 5.41) is 8.86. The van der Waals surface area contributed by atoms with E-state index in [-0.39, 0.29) is 24.0 Å². The molecule has 1 atom stereocenters. The van der Waals surface area contributed by atoms with Gasteiger partial charge in [0.05, 0.1) is 25.3 Å². The molecule has 1 amide bonds. The van der Waals surface area contributed by atoms with Crippen LogP contribution in [0.4, 0.5) is 5.69 Å². The Morgan fingerprint density at radius 2 is 2.22 bits per heavy atom. The number of fused-ring (bicyclic) bond motifs is 3.